The van der Waals surface area contributed by atoms with Gasteiger partial charge in [0.2, 0.25) is 0 Å². The fourth-order valence-electron chi connectivity index (χ4n) is 1.82. The molecule has 4 heteroatoms. The standard InChI is InChI=1S/C16H19NO3/c1-11(2)9-17-16(19)10-20-15-6-4-12-3-5-14(18)7-13(12)8-15/h3-8,11,18H,9-10H2,1-2H3,(H,17,19). The van der Waals surface area contributed by atoms with E-state index in [0.717, 1.165) is 10.8 Å². The van der Waals surface area contributed by atoms with Gasteiger partial charge in [0, 0.05) is 6.54 Å². The summed E-state index contributed by atoms with van der Waals surface area (Å²) < 4.78 is 5.45. The van der Waals surface area contributed by atoms with Crippen molar-refractivity contribution in [3.63, 3.8) is 0 Å². The van der Waals surface area contributed by atoms with Crippen LogP contribution in [0.25, 0.3) is 10.8 Å². The number of ether oxygens (including phenoxy) is 1. The van der Waals surface area contributed by atoms with Crippen LogP contribution in [0.5, 0.6) is 11.5 Å². The van der Waals surface area contributed by atoms with Gasteiger partial charge in [-0.2, -0.15) is 0 Å². The lowest BCUT2D eigenvalue weighted by Gasteiger charge is -2.09. The van der Waals surface area contributed by atoms with E-state index in [-0.39, 0.29) is 18.3 Å². The van der Waals surface area contributed by atoms with Crippen molar-refractivity contribution in [2.45, 2.75) is 13.8 Å². The van der Waals surface area contributed by atoms with Gasteiger partial charge in [-0.3, -0.25) is 4.79 Å². The van der Waals surface area contributed by atoms with E-state index >= 15 is 0 Å². The van der Waals surface area contributed by atoms with Crippen LogP contribution in [0.3, 0.4) is 0 Å². The molecule has 0 bridgehead atoms. The van der Waals surface area contributed by atoms with Gasteiger partial charge in [-0.15, -0.1) is 0 Å². The van der Waals surface area contributed by atoms with Gasteiger partial charge in [0.05, 0.1) is 0 Å². The fraction of sp³-hybridized carbons (Fsp3) is 0.312. The summed E-state index contributed by atoms with van der Waals surface area (Å²) in [4.78, 5) is 11.6. The van der Waals surface area contributed by atoms with Crippen LogP contribution < -0.4 is 10.1 Å². The summed E-state index contributed by atoms with van der Waals surface area (Å²) in [5, 5.41) is 14.1. The van der Waals surface area contributed by atoms with E-state index in [1.807, 2.05) is 38.1 Å². The molecule has 0 aliphatic heterocycles. The monoisotopic (exact) mass is 273 g/mol. The van der Waals surface area contributed by atoms with Crippen molar-refractivity contribution in [3.8, 4) is 11.5 Å². The Kier molecular flexibility index (Phi) is 4.45. The number of benzene rings is 2. The predicted molar refractivity (Wildman–Crippen MR) is 79.0 cm³/mol. The van der Waals surface area contributed by atoms with Crippen molar-refractivity contribution in [3.05, 3.63) is 36.4 Å². The highest BCUT2D eigenvalue weighted by molar-refractivity contribution is 5.85. The first-order valence-corrected chi connectivity index (χ1v) is 6.67. The van der Waals surface area contributed by atoms with Crippen LogP contribution in [-0.4, -0.2) is 24.2 Å². The summed E-state index contributed by atoms with van der Waals surface area (Å²) in [6, 6.07) is 10.7. The molecule has 0 unspecified atom stereocenters. The number of nitrogens with one attached hydrogen (secondary N) is 1. The Morgan fingerprint density at radius 3 is 2.70 bits per heavy atom. The highest BCUT2D eigenvalue weighted by Crippen LogP contribution is 2.24. The number of hydrogen-bond acceptors (Lipinski definition) is 3. The van der Waals surface area contributed by atoms with E-state index in [4.69, 9.17) is 4.74 Å². The second kappa shape index (κ2) is 6.28. The summed E-state index contributed by atoms with van der Waals surface area (Å²) in [6.07, 6.45) is 0. The Labute approximate surface area is 118 Å². The Morgan fingerprint density at radius 2 is 1.95 bits per heavy atom. The quantitative estimate of drug-likeness (QED) is 0.880. The lowest BCUT2D eigenvalue weighted by molar-refractivity contribution is -0.123. The van der Waals surface area contributed by atoms with Crippen molar-refractivity contribution in [1.82, 2.24) is 5.32 Å². The van der Waals surface area contributed by atoms with Gasteiger partial charge in [-0.1, -0.05) is 26.0 Å². The molecule has 2 aromatic carbocycles. The van der Waals surface area contributed by atoms with Crippen molar-refractivity contribution >= 4 is 16.7 Å². The zero-order valence-electron chi connectivity index (χ0n) is 11.7. The third-order valence-corrected chi connectivity index (χ3v) is 2.87. The van der Waals surface area contributed by atoms with Gasteiger partial charge in [-0.05, 0) is 41.0 Å². The average molecular weight is 273 g/mol. The third-order valence-electron chi connectivity index (χ3n) is 2.87. The fourth-order valence-corrected chi connectivity index (χ4v) is 1.82. The predicted octanol–water partition coefficient (Wildman–Crippen LogP) is 2.70. The van der Waals surface area contributed by atoms with E-state index in [1.165, 1.54) is 0 Å². The molecule has 0 aliphatic rings. The Morgan fingerprint density at radius 1 is 1.20 bits per heavy atom. The smallest absolute Gasteiger partial charge is 0.257 e. The molecular formula is C16H19NO3. The Bertz CT molecular complexity index is 608. The maximum absolute atomic E-state index is 11.6. The normalized spacial score (nSPS) is 10.8. The van der Waals surface area contributed by atoms with E-state index in [9.17, 15) is 9.90 Å². The van der Waals surface area contributed by atoms with Crippen molar-refractivity contribution in [1.29, 1.82) is 0 Å². The molecule has 0 spiro atoms. The molecule has 106 valence electrons. The molecule has 0 heterocycles. The minimum Gasteiger partial charge on any atom is -0.508 e. The van der Waals surface area contributed by atoms with E-state index in [1.54, 1.807) is 12.1 Å². The zero-order chi connectivity index (χ0) is 14.5. The number of carbonyl (C=O) groups is 1. The molecule has 2 aromatic rings. The van der Waals surface area contributed by atoms with Crippen LogP contribution in [0.1, 0.15) is 13.8 Å². The molecule has 2 N–H and O–H groups in total. The topological polar surface area (TPSA) is 58.6 Å². The average Bonchev–Trinajstić information content (AvgIpc) is 2.42. The van der Waals surface area contributed by atoms with Crippen LogP contribution in [0.4, 0.5) is 0 Å². The summed E-state index contributed by atoms with van der Waals surface area (Å²) in [7, 11) is 0. The molecule has 0 saturated carbocycles. The molecule has 1 amide bonds. The second-order valence-corrected chi connectivity index (χ2v) is 5.18. The number of rotatable bonds is 5. The SMILES string of the molecule is CC(C)CNC(=O)COc1ccc2ccc(O)cc2c1. The number of aromatic hydroxyl groups is 1. The van der Waals surface area contributed by atoms with E-state index in [0.29, 0.717) is 18.2 Å². The molecule has 0 aromatic heterocycles. The molecule has 0 radical (unpaired) electrons. The van der Waals surface area contributed by atoms with Crippen LogP contribution in [-0.2, 0) is 4.79 Å². The summed E-state index contributed by atoms with van der Waals surface area (Å²) in [5.41, 5.74) is 0. The highest BCUT2D eigenvalue weighted by Gasteiger charge is 2.04. The van der Waals surface area contributed by atoms with E-state index < -0.39 is 0 Å². The first-order valence-electron chi connectivity index (χ1n) is 6.67. The molecule has 0 saturated heterocycles. The minimum atomic E-state index is -0.130. The molecular weight excluding hydrogens is 254 g/mol. The van der Waals surface area contributed by atoms with Gasteiger partial charge in [0.15, 0.2) is 6.61 Å². The largest absolute Gasteiger partial charge is 0.508 e. The van der Waals surface area contributed by atoms with Gasteiger partial charge < -0.3 is 15.2 Å². The summed E-state index contributed by atoms with van der Waals surface area (Å²) in [6.45, 7) is 4.72. The van der Waals surface area contributed by atoms with Gasteiger partial charge >= 0.3 is 0 Å². The lowest BCUT2D eigenvalue weighted by Crippen LogP contribution is -2.31. The molecule has 2 rings (SSSR count). The summed E-state index contributed by atoms with van der Waals surface area (Å²) >= 11 is 0. The van der Waals surface area contributed by atoms with Crippen LogP contribution in [0.15, 0.2) is 36.4 Å². The minimum absolute atomic E-state index is 0.00293. The highest BCUT2D eigenvalue weighted by atomic mass is 16.5. The van der Waals surface area contributed by atoms with Crippen LogP contribution in [0, 0.1) is 5.92 Å². The molecule has 0 aliphatic carbocycles. The van der Waals surface area contributed by atoms with Gasteiger partial charge in [-0.25, -0.2) is 0 Å². The lowest BCUT2D eigenvalue weighted by atomic mass is 10.1. The van der Waals surface area contributed by atoms with Crippen LogP contribution in [0.2, 0.25) is 0 Å². The van der Waals surface area contributed by atoms with Gasteiger partial charge in [0.25, 0.3) is 5.91 Å². The number of fused-ring (bicyclic) bond motifs is 1. The van der Waals surface area contributed by atoms with Crippen LogP contribution >= 0.6 is 0 Å². The molecule has 0 atom stereocenters. The van der Waals surface area contributed by atoms with Gasteiger partial charge in [0.1, 0.15) is 11.5 Å². The molecule has 20 heavy (non-hydrogen) atoms. The van der Waals surface area contributed by atoms with Crippen molar-refractivity contribution in [2.24, 2.45) is 5.92 Å². The van der Waals surface area contributed by atoms with Crippen molar-refractivity contribution < 1.29 is 14.6 Å². The first kappa shape index (κ1) is 14.2. The maximum Gasteiger partial charge on any atom is 0.257 e. The summed E-state index contributed by atoms with van der Waals surface area (Å²) in [5.74, 6) is 1.12. The second-order valence-electron chi connectivity index (χ2n) is 5.18. The molecule has 4 nitrogen and oxygen atoms in total. The number of phenolic OH excluding ortho intramolecular Hbond substituents is 1. The number of phenols is 1. The Hall–Kier alpha value is -2.23. The van der Waals surface area contributed by atoms with E-state index in [2.05, 4.69) is 5.32 Å². The Balaban J connectivity index is 1.98. The first-order chi connectivity index (χ1) is 9.54. The van der Waals surface area contributed by atoms with Crippen molar-refractivity contribution in [2.75, 3.05) is 13.2 Å². The zero-order valence-corrected chi connectivity index (χ0v) is 11.7. The third kappa shape index (κ3) is 3.88. The molecule has 0 fully saturated rings. The number of amides is 1. The maximum atomic E-state index is 11.6. The number of carbonyl (C=O) groups excluding carboxylic acids is 1. The number of hydrogen-bond donors (Lipinski definition) is 2.